The van der Waals surface area contributed by atoms with Crippen LogP contribution in [0.1, 0.15) is 10.5 Å². The minimum absolute atomic E-state index is 0.231. The lowest BCUT2D eigenvalue weighted by molar-refractivity contribution is 0.0951. The van der Waals surface area contributed by atoms with Crippen LogP contribution in [0.15, 0.2) is 79.5 Å². The minimum Gasteiger partial charge on any atom is -0.471 e. The molecule has 3 aromatic rings. The number of rotatable bonds is 7. The van der Waals surface area contributed by atoms with E-state index in [0.29, 0.717) is 12.2 Å². The molecule has 25 heavy (non-hydrogen) atoms. The lowest BCUT2D eigenvalue weighted by Gasteiger charge is -2.07. The van der Waals surface area contributed by atoms with Gasteiger partial charge in [-0.15, -0.1) is 6.58 Å². The van der Waals surface area contributed by atoms with Crippen LogP contribution >= 0.6 is 0 Å². The molecule has 0 saturated carbocycles. The van der Waals surface area contributed by atoms with Crippen LogP contribution in [0.5, 0.6) is 5.75 Å². The Balaban J connectivity index is 1.58. The summed E-state index contributed by atoms with van der Waals surface area (Å²) in [6.07, 6.45) is 3.33. The van der Waals surface area contributed by atoms with E-state index in [4.69, 9.17) is 4.74 Å². The van der Waals surface area contributed by atoms with Crippen LogP contribution in [-0.4, -0.2) is 22.2 Å². The quantitative estimate of drug-likeness (QED) is 0.673. The SMILES string of the molecule is C=CCNC(=O)c1ccn(COc2ccc(-c3ccccc3)cc2)n1. The number of hydrogen-bond acceptors (Lipinski definition) is 3. The van der Waals surface area contributed by atoms with Crippen molar-refractivity contribution in [2.45, 2.75) is 6.73 Å². The minimum atomic E-state index is -0.231. The molecule has 0 radical (unpaired) electrons. The van der Waals surface area contributed by atoms with Gasteiger partial charge in [0.1, 0.15) is 11.4 Å². The van der Waals surface area contributed by atoms with Gasteiger partial charge in [-0.2, -0.15) is 5.10 Å². The van der Waals surface area contributed by atoms with Crippen LogP contribution < -0.4 is 10.1 Å². The smallest absolute Gasteiger partial charge is 0.272 e. The lowest BCUT2D eigenvalue weighted by Crippen LogP contribution is -2.24. The highest BCUT2D eigenvalue weighted by Gasteiger charge is 2.08. The van der Waals surface area contributed by atoms with E-state index in [1.807, 2.05) is 42.5 Å². The third-order valence-corrected chi connectivity index (χ3v) is 3.61. The Bertz CT molecular complexity index is 839. The summed E-state index contributed by atoms with van der Waals surface area (Å²) in [6, 6.07) is 19.7. The fourth-order valence-electron chi connectivity index (χ4n) is 2.32. The van der Waals surface area contributed by atoms with Crippen molar-refractivity contribution in [3.8, 4) is 16.9 Å². The highest BCUT2D eigenvalue weighted by Crippen LogP contribution is 2.22. The van der Waals surface area contributed by atoms with Crippen LogP contribution in [0, 0.1) is 0 Å². The highest BCUT2D eigenvalue weighted by atomic mass is 16.5. The number of hydrogen-bond donors (Lipinski definition) is 1. The first-order valence-electron chi connectivity index (χ1n) is 7.97. The number of aromatic nitrogens is 2. The van der Waals surface area contributed by atoms with Crippen molar-refractivity contribution in [2.24, 2.45) is 0 Å². The summed E-state index contributed by atoms with van der Waals surface area (Å²) in [6.45, 7) is 4.21. The van der Waals surface area contributed by atoms with Gasteiger partial charge >= 0.3 is 0 Å². The van der Waals surface area contributed by atoms with Crippen LogP contribution in [0.4, 0.5) is 0 Å². The molecule has 5 nitrogen and oxygen atoms in total. The van der Waals surface area contributed by atoms with E-state index in [1.165, 1.54) is 0 Å². The molecular weight excluding hydrogens is 314 g/mol. The van der Waals surface area contributed by atoms with Crippen molar-refractivity contribution in [3.05, 3.63) is 85.2 Å². The van der Waals surface area contributed by atoms with E-state index in [9.17, 15) is 4.79 Å². The summed E-state index contributed by atoms with van der Waals surface area (Å²) in [5.74, 6) is 0.513. The Morgan fingerprint density at radius 3 is 2.52 bits per heavy atom. The summed E-state index contributed by atoms with van der Waals surface area (Å²) in [4.78, 5) is 11.8. The average Bonchev–Trinajstić information content (AvgIpc) is 3.15. The summed E-state index contributed by atoms with van der Waals surface area (Å²) in [7, 11) is 0. The topological polar surface area (TPSA) is 56.2 Å². The molecule has 126 valence electrons. The van der Waals surface area contributed by atoms with Gasteiger partial charge in [-0.3, -0.25) is 4.79 Å². The Labute approximate surface area is 146 Å². The molecule has 0 saturated heterocycles. The second-order valence-electron chi connectivity index (χ2n) is 5.40. The van der Waals surface area contributed by atoms with E-state index in [-0.39, 0.29) is 12.6 Å². The lowest BCUT2D eigenvalue weighted by atomic mass is 10.1. The summed E-state index contributed by atoms with van der Waals surface area (Å²) in [5.41, 5.74) is 2.65. The molecule has 5 heteroatoms. The number of carbonyl (C=O) groups excluding carboxylic acids is 1. The Morgan fingerprint density at radius 1 is 1.08 bits per heavy atom. The maximum atomic E-state index is 11.8. The number of amides is 1. The van der Waals surface area contributed by atoms with Crippen molar-refractivity contribution in [2.75, 3.05) is 6.54 Å². The zero-order chi connectivity index (χ0) is 17.5. The molecule has 3 rings (SSSR count). The first kappa shape index (κ1) is 16.5. The zero-order valence-corrected chi connectivity index (χ0v) is 13.8. The predicted molar refractivity (Wildman–Crippen MR) is 97.3 cm³/mol. The second-order valence-corrected chi connectivity index (χ2v) is 5.40. The molecular formula is C20H19N3O2. The van der Waals surface area contributed by atoms with Gasteiger partial charge in [-0.1, -0.05) is 48.5 Å². The van der Waals surface area contributed by atoms with Crippen molar-refractivity contribution < 1.29 is 9.53 Å². The fraction of sp³-hybridized carbons (Fsp3) is 0.100. The molecule has 2 aromatic carbocycles. The van der Waals surface area contributed by atoms with E-state index in [0.717, 1.165) is 16.9 Å². The third-order valence-electron chi connectivity index (χ3n) is 3.61. The third kappa shape index (κ3) is 4.35. The van der Waals surface area contributed by atoms with Gasteiger partial charge < -0.3 is 10.1 Å². The van der Waals surface area contributed by atoms with Crippen molar-refractivity contribution in [3.63, 3.8) is 0 Å². The van der Waals surface area contributed by atoms with E-state index in [1.54, 1.807) is 23.0 Å². The molecule has 0 fully saturated rings. The van der Waals surface area contributed by atoms with Gasteiger partial charge in [0, 0.05) is 12.7 Å². The van der Waals surface area contributed by atoms with Crippen LogP contribution in [0.3, 0.4) is 0 Å². The maximum Gasteiger partial charge on any atom is 0.272 e. The molecule has 1 N–H and O–H groups in total. The molecule has 0 aliphatic heterocycles. The van der Waals surface area contributed by atoms with Gasteiger partial charge in [0.05, 0.1) is 0 Å². The number of ether oxygens (including phenoxy) is 1. The van der Waals surface area contributed by atoms with Crippen LogP contribution in [0.25, 0.3) is 11.1 Å². The number of carbonyl (C=O) groups is 1. The van der Waals surface area contributed by atoms with Crippen molar-refractivity contribution >= 4 is 5.91 Å². The number of benzene rings is 2. The number of nitrogens with zero attached hydrogens (tertiary/aromatic N) is 2. The molecule has 0 bridgehead atoms. The highest BCUT2D eigenvalue weighted by molar-refractivity contribution is 5.92. The Kier molecular flexibility index (Phi) is 5.26. The molecule has 0 aliphatic carbocycles. The standard InChI is InChI=1S/C20H19N3O2/c1-2-13-21-20(24)19-12-14-23(22-19)15-25-18-10-8-17(9-11-18)16-6-4-3-5-7-16/h2-12,14H,1,13,15H2,(H,21,24). The zero-order valence-electron chi connectivity index (χ0n) is 13.8. The molecule has 1 amide bonds. The molecule has 0 aliphatic rings. The molecule has 1 aromatic heterocycles. The van der Waals surface area contributed by atoms with Crippen LogP contribution in [-0.2, 0) is 6.73 Å². The molecule has 0 spiro atoms. The molecule has 1 heterocycles. The van der Waals surface area contributed by atoms with Crippen molar-refractivity contribution in [1.82, 2.24) is 15.1 Å². The van der Waals surface area contributed by atoms with Gasteiger partial charge in [0.25, 0.3) is 5.91 Å². The Morgan fingerprint density at radius 2 is 1.80 bits per heavy atom. The maximum absolute atomic E-state index is 11.8. The summed E-state index contributed by atoms with van der Waals surface area (Å²) in [5, 5.41) is 6.87. The van der Waals surface area contributed by atoms with Gasteiger partial charge in [-0.25, -0.2) is 4.68 Å². The van der Waals surface area contributed by atoms with E-state index < -0.39 is 0 Å². The summed E-state index contributed by atoms with van der Waals surface area (Å²) >= 11 is 0. The van der Waals surface area contributed by atoms with Crippen molar-refractivity contribution in [1.29, 1.82) is 0 Å². The van der Waals surface area contributed by atoms with Gasteiger partial charge in [-0.05, 0) is 29.3 Å². The van der Waals surface area contributed by atoms with Gasteiger partial charge in [0.2, 0.25) is 0 Å². The monoisotopic (exact) mass is 333 g/mol. The average molecular weight is 333 g/mol. The van der Waals surface area contributed by atoms with Crippen LogP contribution in [0.2, 0.25) is 0 Å². The largest absolute Gasteiger partial charge is 0.471 e. The van der Waals surface area contributed by atoms with E-state index in [2.05, 4.69) is 29.1 Å². The second kappa shape index (κ2) is 7.97. The number of nitrogens with one attached hydrogen (secondary N) is 1. The Hall–Kier alpha value is -3.34. The first-order valence-corrected chi connectivity index (χ1v) is 7.97. The van der Waals surface area contributed by atoms with Gasteiger partial charge in [0.15, 0.2) is 6.73 Å². The molecule has 0 atom stereocenters. The normalized spacial score (nSPS) is 10.2. The fourth-order valence-corrected chi connectivity index (χ4v) is 2.32. The van der Waals surface area contributed by atoms with E-state index >= 15 is 0 Å². The summed E-state index contributed by atoms with van der Waals surface area (Å²) < 4.78 is 7.29. The predicted octanol–water partition coefficient (Wildman–Crippen LogP) is 3.50. The molecule has 0 unspecified atom stereocenters. The first-order chi connectivity index (χ1) is 12.3.